The Morgan fingerprint density at radius 3 is 2.88 bits per heavy atom. The Morgan fingerprint density at radius 1 is 1.25 bits per heavy atom. The van der Waals surface area contributed by atoms with Crippen molar-refractivity contribution in [1.29, 1.82) is 5.26 Å². The standard InChI is InChI=1S/C14H17NO/c15-7-3-9-16-8-2-1-4-13-10-12-5-6-14(13)11-12/h5-6,12-14H,3-4,8-11H2/t12-,13-,14+/m1/s1. The third-order valence-electron chi connectivity index (χ3n) is 3.44. The summed E-state index contributed by atoms with van der Waals surface area (Å²) in [6.45, 7) is 0.973. The predicted molar refractivity (Wildman–Crippen MR) is 62.3 cm³/mol. The quantitative estimate of drug-likeness (QED) is 0.410. The molecule has 84 valence electrons. The second-order valence-corrected chi connectivity index (χ2v) is 4.56. The van der Waals surface area contributed by atoms with E-state index >= 15 is 0 Å². The minimum Gasteiger partial charge on any atom is -0.368 e. The van der Waals surface area contributed by atoms with Gasteiger partial charge in [-0.1, -0.05) is 18.1 Å². The van der Waals surface area contributed by atoms with E-state index in [1.807, 2.05) is 6.07 Å². The molecule has 0 aromatic heterocycles. The van der Waals surface area contributed by atoms with Gasteiger partial charge in [-0.05, 0) is 30.6 Å². The fraction of sp³-hybridized carbons (Fsp3) is 0.643. The number of ether oxygens (including phenoxy) is 1. The molecular formula is C14H17NO. The van der Waals surface area contributed by atoms with Crippen molar-refractivity contribution in [2.24, 2.45) is 17.8 Å². The van der Waals surface area contributed by atoms with E-state index in [1.54, 1.807) is 0 Å². The summed E-state index contributed by atoms with van der Waals surface area (Å²) >= 11 is 0. The fourth-order valence-corrected chi connectivity index (χ4v) is 2.62. The third-order valence-corrected chi connectivity index (χ3v) is 3.44. The van der Waals surface area contributed by atoms with Crippen LogP contribution in [0.3, 0.4) is 0 Å². The molecule has 16 heavy (non-hydrogen) atoms. The molecule has 0 radical (unpaired) electrons. The van der Waals surface area contributed by atoms with Crippen molar-refractivity contribution in [3.8, 4) is 17.9 Å². The number of hydrogen-bond acceptors (Lipinski definition) is 2. The van der Waals surface area contributed by atoms with Gasteiger partial charge in [0.2, 0.25) is 0 Å². The summed E-state index contributed by atoms with van der Waals surface area (Å²) in [5.41, 5.74) is 0. The lowest BCUT2D eigenvalue weighted by Gasteiger charge is -2.14. The van der Waals surface area contributed by atoms with Crippen molar-refractivity contribution in [1.82, 2.24) is 0 Å². The zero-order valence-corrected chi connectivity index (χ0v) is 9.48. The van der Waals surface area contributed by atoms with Gasteiger partial charge in [0.05, 0.1) is 19.1 Å². The van der Waals surface area contributed by atoms with Crippen LogP contribution in [0.1, 0.15) is 25.7 Å². The first-order valence-corrected chi connectivity index (χ1v) is 5.99. The number of fused-ring (bicyclic) bond motifs is 2. The van der Waals surface area contributed by atoms with E-state index < -0.39 is 0 Å². The zero-order chi connectivity index (χ0) is 11.2. The number of nitrogens with zero attached hydrogens (tertiary/aromatic N) is 1. The van der Waals surface area contributed by atoms with Crippen molar-refractivity contribution < 1.29 is 4.74 Å². The molecule has 3 atom stereocenters. The normalized spacial score (nSPS) is 29.8. The van der Waals surface area contributed by atoms with Crippen LogP contribution in [0, 0.1) is 40.9 Å². The lowest BCUT2D eigenvalue weighted by molar-refractivity contribution is 0.173. The SMILES string of the molecule is N#CCCOCC#CC[C@@H]1C[C@H]2C=C[C@H]1C2. The molecule has 2 aliphatic carbocycles. The smallest absolute Gasteiger partial charge is 0.107 e. The Kier molecular flexibility index (Phi) is 4.03. The minimum absolute atomic E-state index is 0.457. The molecule has 0 unspecified atom stereocenters. The topological polar surface area (TPSA) is 33.0 Å². The monoisotopic (exact) mass is 215 g/mol. The van der Waals surface area contributed by atoms with Crippen LogP contribution in [0.15, 0.2) is 12.2 Å². The molecule has 2 aliphatic rings. The van der Waals surface area contributed by atoms with Crippen molar-refractivity contribution in [3.63, 3.8) is 0 Å². The first-order valence-electron chi connectivity index (χ1n) is 5.99. The largest absolute Gasteiger partial charge is 0.368 e. The average molecular weight is 215 g/mol. The summed E-state index contributed by atoms with van der Waals surface area (Å²) in [5.74, 6) is 8.63. The number of nitriles is 1. The fourth-order valence-electron chi connectivity index (χ4n) is 2.62. The Bertz CT molecular complexity index is 355. The van der Waals surface area contributed by atoms with Crippen LogP contribution in [0.5, 0.6) is 0 Å². The number of allylic oxidation sites excluding steroid dienone is 2. The Morgan fingerprint density at radius 2 is 2.19 bits per heavy atom. The van der Waals surface area contributed by atoms with Crippen LogP contribution in [0.2, 0.25) is 0 Å². The van der Waals surface area contributed by atoms with Crippen LogP contribution in [-0.4, -0.2) is 13.2 Å². The van der Waals surface area contributed by atoms with E-state index in [2.05, 4.69) is 24.0 Å². The summed E-state index contributed by atoms with van der Waals surface area (Å²) < 4.78 is 5.19. The van der Waals surface area contributed by atoms with Crippen LogP contribution in [0.25, 0.3) is 0 Å². The Labute approximate surface area is 97.3 Å². The van der Waals surface area contributed by atoms with Crippen molar-refractivity contribution in [2.75, 3.05) is 13.2 Å². The number of rotatable bonds is 4. The van der Waals surface area contributed by atoms with Gasteiger partial charge in [-0.15, -0.1) is 5.92 Å². The van der Waals surface area contributed by atoms with E-state index in [1.165, 1.54) is 12.8 Å². The molecule has 2 bridgehead atoms. The zero-order valence-electron chi connectivity index (χ0n) is 9.48. The molecule has 2 nitrogen and oxygen atoms in total. The van der Waals surface area contributed by atoms with Gasteiger partial charge in [0, 0.05) is 6.42 Å². The molecule has 0 saturated heterocycles. The van der Waals surface area contributed by atoms with E-state index in [-0.39, 0.29) is 0 Å². The molecule has 0 aromatic rings. The summed E-state index contributed by atoms with van der Waals surface area (Å²) in [6.07, 6.45) is 8.87. The second-order valence-electron chi connectivity index (χ2n) is 4.56. The van der Waals surface area contributed by atoms with E-state index in [9.17, 15) is 0 Å². The van der Waals surface area contributed by atoms with E-state index in [4.69, 9.17) is 10.00 Å². The van der Waals surface area contributed by atoms with E-state index in [0.717, 1.165) is 24.2 Å². The third kappa shape index (κ3) is 2.87. The lowest BCUT2D eigenvalue weighted by Crippen LogP contribution is -2.05. The van der Waals surface area contributed by atoms with Gasteiger partial charge in [0.25, 0.3) is 0 Å². The highest BCUT2D eigenvalue weighted by molar-refractivity contribution is 5.13. The van der Waals surface area contributed by atoms with Crippen molar-refractivity contribution in [2.45, 2.75) is 25.7 Å². The summed E-state index contributed by atoms with van der Waals surface area (Å²) in [7, 11) is 0. The van der Waals surface area contributed by atoms with E-state index in [0.29, 0.717) is 19.6 Å². The minimum atomic E-state index is 0.457. The van der Waals surface area contributed by atoms with Gasteiger partial charge in [-0.25, -0.2) is 0 Å². The highest BCUT2D eigenvalue weighted by Gasteiger charge is 2.34. The van der Waals surface area contributed by atoms with Gasteiger partial charge in [0.15, 0.2) is 0 Å². The predicted octanol–water partition coefficient (Wildman–Crippen LogP) is 2.52. The van der Waals surface area contributed by atoms with Gasteiger partial charge in [0.1, 0.15) is 6.61 Å². The van der Waals surface area contributed by atoms with Crippen molar-refractivity contribution in [3.05, 3.63) is 12.2 Å². The maximum atomic E-state index is 8.30. The van der Waals surface area contributed by atoms with Crippen molar-refractivity contribution >= 4 is 0 Å². The summed E-state index contributed by atoms with van der Waals surface area (Å²) in [5, 5.41) is 8.30. The average Bonchev–Trinajstić information content (AvgIpc) is 2.90. The lowest BCUT2D eigenvalue weighted by atomic mass is 9.91. The van der Waals surface area contributed by atoms with Gasteiger partial charge >= 0.3 is 0 Å². The van der Waals surface area contributed by atoms with Crippen LogP contribution in [-0.2, 0) is 4.74 Å². The summed E-state index contributed by atoms with van der Waals surface area (Å²) in [6, 6.07) is 2.04. The molecular weight excluding hydrogens is 198 g/mol. The molecule has 0 N–H and O–H groups in total. The Balaban J connectivity index is 1.59. The molecule has 0 amide bonds. The van der Waals surface area contributed by atoms with Crippen LogP contribution in [0.4, 0.5) is 0 Å². The maximum absolute atomic E-state index is 8.30. The molecule has 2 heteroatoms. The molecule has 0 aromatic carbocycles. The Hall–Kier alpha value is -1.25. The molecule has 0 spiro atoms. The molecule has 2 rings (SSSR count). The maximum Gasteiger partial charge on any atom is 0.107 e. The highest BCUT2D eigenvalue weighted by Crippen LogP contribution is 2.44. The van der Waals surface area contributed by atoms with Gasteiger partial charge < -0.3 is 4.74 Å². The molecule has 0 heterocycles. The van der Waals surface area contributed by atoms with Crippen LogP contribution < -0.4 is 0 Å². The number of hydrogen-bond donors (Lipinski definition) is 0. The molecule has 1 saturated carbocycles. The first-order chi connectivity index (χ1) is 7.90. The van der Waals surface area contributed by atoms with Crippen LogP contribution >= 0.6 is 0 Å². The molecule has 1 fully saturated rings. The molecule has 0 aliphatic heterocycles. The second kappa shape index (κ2) is 5.73. The van der Waals surface area contributed by atoms with Gasteiger partial charge in [-0.3, -0.25) is 0 Å². The first kappa shape index (κ1) is 11.2. The highest BCUT2D eigenvalue weighted by atomic mass is 16.5. The summed E-state index contributed by atoms with van der Waals surface area (Å²) in [4.78, 5) is 0. The van der Waals surface area contributed by atoms with Gasteiger partial charge in [-0.2, -0.15) is 5.26 Å².